The summed E-state index contributed by atoms with van der Waals surface area (Å²) < 4.78 is 0. The third-order valence-electron chi connectivity index (χ3n) is 4.13. The molecule has 2 heterocycles. The molecule has 3 rings (SSSR count). The Bertz CT molecular complexity index is 609. The van der Waals surface area contributed by atoms with E-state index in [-0.39, 0.29) is 6.04 Å². The smallest absolute Gasteiger partial charge is 0.223 e. The molecule has 1 saturated heterocycles. The van der Waals surface area contributed by atoms with Crippen LogP contribution in [0.4, 0.5) is 5.69 Å². The molecule has 1 atom stereocenters. The summed E-state index contributed by atoms with van der Waals surface area (Å²) >= 11 is 0. The lowest BCUT2D eigenvalue weighted by Crippen LogP contribution is -2.52. The molecule has 1 N–H and O–H groups in total. The lowest BCUT2D eigenvalue weighted by Gasteiger charge is -2.39. The van der Waals surface area contributed by atoms with Crippen LogP contribution in [0, 0.1) is 6.92 Å². The largest absolute Gasteiger partial charge is 0.338 e. The van der Waals surface area contributed by atoms with E-state index in [0.29, 0.717) is 0 Å². The minimum Gasteiger partial charge on any atom is -0.338 e. The highest BCUT2D eigenvalue weighted by Gasteiger charge is 2.30. The molecule has 118 valence electrons. The van der Waals surface area contributed by atoms with E-state index in [1.807, 2.05) is 13.8 Å². The Kier molecular flexibility index (Phi) is 4.16. The van der Waals surface area contributed by atoms with Crippen LogP contribution in [-0.2, 0) is 0 Å². The number of rotatable bonds is 1. The molecule has 0 bridgehead atoms. The number of aryl methyl sites for hydroxylation is 1. The zero-order chi connectivity index (χ0) is 15.7. The van der Waals surface area contributed by atoms with Crippen LogP contribution < -0.4 is 5.32 Å². The second kappa shape index (κ2) is 6.08. The number of nitrogens with zero attached hydrogens (tertiary/aromatic N) is 4. The van der Waals surface area contributed by atoms with Crippen molar-refractivity contribution >= 4 is 17.4 Å². The summed E-state index contributed by atoms with van der Waals surface area (Å²) in [5, 5.41) is 10.2. The summed E-state index contributed by atoms with van der Waals surface area (Å²) in [6.07, 6.45) is 0. The number of nitrogens with one attached hydrogen (secondary N) is 1. The quantitative estimate of drug-likeness (QED) is 0.811. The number of hydrazone groups is 1. The molecular weight excluding hydrogens is 274 g/mol. The van der Waals surface area contributed by atoms with Gasteiger partial charge in [0.1, 0.15) is 0 Å². The van der Waals surface area contributed by atoms with Gasteiger partial charge in [0, 0.05) is 37.5 Å². The van der Waals surface area contributed by atoms with Gasteiger partial charge in [0.05, 0.1) is 11.7 Å². The molecule has 1 aromatic carbocycles. The molecule has 2 aliphatic rings. The summed E-state index contributed by atoms with van der Waals surface area (Å²) in [6, 6.07) is 6.69. The predicted octanol–water partition coefficient (Wildman–Crippen LogP) is 2.66. The molecule has 0 saturated carbocycles. The molecule has 0 aliphatic carbocycles. The van der Waals surface area contributed by atoms with E-state index >= 15 is 0 Å². The average molecular weight is 299 g/mol. The Morgan fingerprint density at radius 3 is 2.68 bits per heavy atom. The molecule has 5 heteroatoms. The van der Waals surface area contributed by atoms with Gasteiger partial charge < -0.3 is 10.2 Å². The normalized spacial score (nSPS) is 21.3. The van der Waals surface area contributed by atoms with E-state index in [9.17, 15) is 0 Å². The van der Waals surface area contributed by atoms with Gasteiger partial charge in [-0.1, -0.05) is 17.7 Å². The Labute approximate surface area is 132 Å². The van der Waals surface area contributed by atoms with E-state index in [2.05, 4.69) is 47.3 Å². The Morgan fingerprint density at radius 1 is 1.27 bits per heavy atom. The average Bonchev–Trinajstić information content (AvgIpc) is 2.51. The Hall–Kier alpha value is -1.88. The molecule has 5 nitrogen and oxygen atoms in total. The minimum atomic E-state index is 0.201. The second-order valence-electron chi connectivity index (χ2n) is 6.28. The maximum Gasteiger partial charge on any atom is 0.223 e. The summed E-state index contributed by atoms with van der Waals surface area (Å²) in [6.45, 7) is 12.3. The van der Waals surface area contributed by atoms with Crippen molar-refractivity contribution in [3.8, 4) is 0 Å². The summed E-state index contributed by atoms with van der Waals surface area (Å²) in [5.41, 5.74) is 4.64. The molecule has 0 radical (unpaired) electrons. The maximum atomic E-state index is 4.93. The molecule has 2 aliphatic heterocycles. The molecular formula is C17H25N5. The third kappa shape index (κ3) is 2.86. The van der Waals surface area contributed by atoms with Gasteiger partial charge in [-0.05, 0) is 33.8 Å². The fraction of sp³-hybridized carbons (Fsp3) is 0.529. The summed E-state index contributed by atoms with van der Waals surface area (Å²) in [5.74, 6) is 0.978. The number of guanidine groups is 1. The van der Waals surface area contributed by atoms with Crippen molar-refractivity contribution in [3.63, 3.8) is 0 Å². The predicted molar refractivity (Wildman–Crippen MR) is 91.8 cm³/mol. The first-order chi connectivity index (χ1) is 10.6. The topological polar surface area (TPSA) is 43.2 Å². The van der Waals surface area contributed by atoms with Gasteiger partial charge in [-0.2, -0.15) is 5.10 Å². The van der Waals surface area contributed by atoms with Gasteiger partial charge in [0.2, 0.25) is 5.96 Å². The standard InChI is InChI=1S/C17H25N5/c1-12(2)20-22-14(4)15-11-13(3)5-6-16(15)19-17(22)21-9-7-18-8-10-21/h5-6,11,14,18H,7-10H2,1-4H3. The van der Waals surface area contributed by atoms with Crippen LogP contribution in [-0.4, -0.2) is 47.8 Å². The van der Waals surface area contributed by atoms with Crippen molar-refractivity contribution in [2.24, 2.45) is 10.1 Å². The highest BCUT2D eigenvalue weighted by molar-refractivity contribution is 5.88. The van der Waals surface area contributed by atoms with Crippen LogP contribution in [0.3, 0.4) is 0 Å². The van der Waals surface area contributed by atoms with E-state index in [1.165, 1.54) is 11.1 Å². The van der Waals surface area contributed by atoms with E-state index in [4.69, 9.17) is 10.1 Å². The summed E-state index contributed by atoms with van der Waals surface area (Å²) in [7, 11) is 0. The number of benzene rings is 1. The molecule has 1 fully saturated rings. The number of fused-ring (bicyclic) bond motifs is 1. The molecule has 1 unspecified atom stereocenters. The monoisotopic (exact) mass is 299 g/mol. The molecule has 0 spiro atoms. The lowest BCUT2D eigenvalue weighted by atomic mass is 10.0. The molecule has 22 heavy (non-hydrogen) atoms. The molecule has 0 aromatic heterocycles. The number of aliphatic imine (C=N–C) groups is 1. The second-order valence-corrected chi connectivity index (χ2v) is 6.28. The van der Waals surface area contributed by atoms with Crippen LogP contribution in [0.15, 0.2) is 28.3 Å². The highest BCUT2D eigenvalue weighted by Crippen LogP contribution is 2.36. The first-order valence-electron chi connectivity index (χ1n) is 8.02. The van der Waals surface area contributed by atoms with E-state index in [0.717, 1.165) is 43.5 Å². The zero-order valence-electron chi connectivity index (χ0n) is 13.9. The Balaban J connectivity index is 2.05. The summed E-state index contributed by atoms with van der Waals surface area (Å²) in [4.78, 5) is 7.26. The van der Waals surface area contributed by atoms with Gasteiger partial charge in [-0.3, -0.25) is 0 Å². The van der Waals surface area contributed by atoms with Crippen molar-refractivity contribution in [2.45, 2.75) is 33.7 Å². The SMILES string of the molecule is CC(C)=NN1C(N2CCNCC2)=Nc2ccc(C)cc2C1C. The fourth-order valence-electron chi connectivity index (χ4n) is 3.00. The van der Waals surface area contributed by atoms with Crippen molar-refractivity contribution < 1.29 is 0 Å². The van der Waals surface area contributed by atoms with Gasteiger partial charge in [-0.25, -0.2) is 10.0 Å². The van der Waals surface area contributed by atoms with E-state index < -0.39 is 0 Å². The van der Waals surface area contributed by atoms with Crippen molar-refractivity contribution in [2.75, 3.05) is 26.2 Å². The van der Waals surface area contributed by atoms with Crippen LogP contribution in [0.25, 0.3) is 0 Å². The molecule has 0 amide bonds. The molecule has 1 aromatic rings. The lowest BCUT2D eigenvalue weighted by molar-refractivity contribution is 0.258. The highest BCUT2D eigenvalue weighted by atomic mass is 15.6. The van der Waals surface area contributed by atoms with Gasteiger partial charge >= 0.3 is 0 Å². The first kappa shape index (κ1) is 15.0. The third-order valence-corrected chi connectivity index (χ3v) is 4.13. The van der Waals surface area contributed by atoms with Crippen LogP contribution in [0.1, 0.15) is 37.9 Å². The Morgan fingerprint density at radius 2 is 2.00 bits per heavy atom. The van der Waals surface area contributed by atoms with Gasteiger partial charge in [-0.15, -0.1) is 0 Å². The minimum absolute atomic E-state index is 0.201. The maximum absolute atomic E-state index is 4.93. The van der Waals surface area contributed by atoms with Crippen molar-refractivity contribution in [1.82, 2.24) is 15.2 Å². The van der Waals surface area contributed by atoms with Gasteiger partial charge in [0.15, 0.2) is 0 Å². The zero-order valence-corrected chi connectivity index (χ0v) is 13.9. The van der Waals surface area contributed by atoms with Crippen LogP contribution in [0.5, 0.6) is 0 Å². The van der Waals surface area contributed by atoms with E-state index in [1.54, 1.807) is 0 Å². The number of piperazine rings is 1. The number of hydrogen-bond acceptors (Lipinski definition) is 5. The fourth-order valence-corrected chi connectivity index (χ4v) is 3.00. The first-order valence-corrected chi connectivity index (χ1v) is 8.02. The number of hydrogen-bond donors (Lipinski definition) is 1. The van der Waals surface area contributed by atoms with Crippen LogP contribution >= 0.6 is 0 Å². The van der Waals surface area contributed by atoms with Crippen LogP contribution in [0.2, 0.25) is 0 Å². The van der Waals surface area contributed by atoms with Crippen molar-refractivity contribution in [1.29, 1.82) is 0 Å². The van der Waals surface area contributed by atoms with Gasteiger partial charge in [0.25, 0.3) is 0 Å². The van der Waals surface area contributed by atoms with Crippen molar-refractivity contribution in [3.05, 3.63) is 29.3 Å².